The Morgan fingerprint density at radius 1 is 1.19 bits per heavy atom. The minimum Gasteiger partial charge on any atom is -0.460 e. The Bertz CT molecular complexity index is 1230. The standard InChI is InChI=1S/C21H25N5O5S/c1-12-17(32(28,29)14-9-3-2-4-10-14)16(27)20(30-12)26-11-23-15-18(22)24-21(25-19(15)26)31-13-7-5-6-8-13/h2-4,9-13,16-17,20,27H,5-8H2,1H3,(H2,22,24,25)/t12-,16-,17+,20-/m1/s1. The molecule has 170 valence electrons. The highest BCUT2D eigenvalue weighted by Gasteiger charge is 2.50. The predicted molar refractivity (Wildman–Crippen MR) is 116 cm³/mol. The Labute approximate surface area is 185 Å². The van der Waals surface area contributed by atoms with Crippen molar-refractivity contribution in [2.24, 2.45) is 0 Å². The fourth-order valence-corrected chi connectivity index (χ4v) is 6.48. The van der Waals surface area contributed by atoms with E-state index < -0.39 is 33.5 Å². The molecule has 2 fully saturated rings. The predicted octanol–water partition coefficient (Wildman–Crippen LogP) is 1.85. The second-order valence-electron chi connectivity index (χ2n) is 8.28. The summed E-state index contributed by atoms with van der Waals surface area (Å²) in [6.45, 7) is 1.63. The number of nitrogens with two attached hydrogens (primary N) is 1. The van der Waals surface area contributed by atoms with Gasteiger partial charge >= 0.3 is 6.01 Å². The second kappa shape index (κ2) is 7.98. The zero-order valence-corrected chi connectivity index (χ0v) is 18.4. The molecule has 3 heterocycles. The molecule has 1 aromatic carbocycles. The molecule has 4 atom stereocenters. The zero-order chi connectivity index (χ0) is 22.5. The van der Waals surface area contributed by atoms with Crippen LogP contribution in [0.25, 0.3) is 11.2 Å². The van der Waals surface area contributed by atoms with E-state index in [1.54, 1.807) is 25.1 Å². The van der Waals surface area contributed by atoms with Gasteiger partial charge in [0, 0.05) is 0 Å². The molecule has 32 heavy (non-hydrogen) atoms. The number of rotatable bonds is 5. The Kier molecular flexibility index (Phi) is 5.26. The van der Waals surface area contributed by atoms with Crippen LogP contribution in [0.4, 0.5) is 5.82 Å². The number of aliphatic hydroxyl groups excluding tert-OH is 1. The largest absolute Gasteiger partial charge is 0.460 e. The van der Waals surface area contributed by atoms with Crippen molar-refractivity contribution in [1.82, 2.24) is 19.5 Å². The number of anilines is 1. The summed E-state index contributed by atoms with van der Waals surface area (Å²) in [6, 6.07) is 8.18. The molecule has 5 rings (SSSR count). The monoisotopic (exact) mass is 459 g/mol. The lowest BCUT2D eigenvalue weighted by atomic mass is 10.2. The maximum atomic E-state index is 13.2. The number of aliphatic hydroxyl groups is 1. The smallest absolute Gasteiger partial charge is 0.320 e. The van der Waals surface area contributed by atoms with Gasteiger partial charge in [-0.1, -0.05) is 18.2 Å². The zero-order valence-electron chi connectivity index (χ0n) is 17.5. The molecule has 10 nitrogen and oxygen atoms in total. The number of nitrogens with zero attached hydrogens (tertiary/aromatic N) is 4. The van der Waals surface area contributed by atoms with Crippen molar-refractivity contribution < 1.29 is 23.0 Å². The van der Waals surface area contributed by atoms with Crippen LogP contribution < -0.4 is 10.5 Å². The first-order valence-electron chi connectivity index (χ1n) is 10.7. The molecular formula is C21H25N5O5S. The van der Waals surface area contributed by atoms with Gasteiger partial charge in [0.2, 0.25) is 0 Å². The van der Waals surface area contributed by atoms with Crippen LogP contribution in [0.3, 0.4) is 0 Å². The number of fused-ring (bicyclic) bond motifs is 1. The van der Waals surface area contributed by atoms with E-state index in [0.717, 1.165) is 25.7 Å². The van der Waals surface area contributed by atoms with Crippen LogP contribution in [0.5, 0.6) is 6.01 Å². The summed E-state index contributed by atoms with van der Waals surface area (Å²) in [5.41, 5.74) is 6.73. The van der Waals surface area contributed by atoms with Gasteiger partial charge in [-0.25, -0.2) is 13.4 Å². The van der Waals surface area contributed by atoms with Gasteiger partial charge in [0.15, 0.2) is 33.0 Å². The van der Waals surface area contributed by atoms with E-state index in [-0.39, 0.29) is 22.8 Å². The van der Waals surface area contributed by atoms with Gasteiger partial charge in [-0.2, -0.15) is 9.97 Å². The molecule has 1 aliphatic carbocycles. The minimum atomic E-state index is -3.84. The molecule has 0 unspecified atom stereocenters. The number of nitrogen functional groups attached to an aromatic ring is 1. The fourth-order valence-electron chi connectivity index (χ4n) is 4.56. The third-order valence-electron chi connectivity index (χ3n) is 6.15. The first-order chi connectivity index (χ1) is 15.4. The average molecular weight is 460 g/mol. The molecule has 1 saturated carbocycles. The van der Waals surface area contributed by atoms with Crippen LogP contribution in [0.15, 0.2) is 41.6 Å². The lowest BCUT2D eigenvalue weighted by Crippen LogP contribution is -2.38. The fraction of sp³-hybridized carbons (Fsp3) is 0.476. The molecule has 2 aromatic heterocycles. The molecular weight excluding hydrogens is 434 g/mol. The van der Waals surface area contributed by atoms with Crippen LogP contribution in [-0.2, 0) is 14.6 Å². The maximum absolute atomic E-state index is 13.2. The van der Waals surface area contributed by atoms with Crippen molar-refractivity contribution in [3.63, 3.8) is 0 Å². The number of imidazole rings is 1. The number of hydrogen-bond acceptors (Lipinski definition) is 9. The van der Waals surface area contributed by atoms with E-state index in [4.69, 9.17) is 15.2 Å². The summed E-state index contributed by atoms with van der Waals surface area (Å²) in [5, 5.41) is 9.90. The second-order valence-corrected chi connectivity index (χ2v) is 10.4. The normalized spacial score (nSPS) is 26.7. The molecule has 0 radical (unpaired) electrons. The highest BCUT2D eigenvalue weighted by Crippen LogP contribution is 2.38. The Balaban J connectivity index is 1.49. The Morgan fingerprint density at radius 3 is 2.62 bits per heavy atom. The van der Waals surface area contributed by atoms with E-state index >= 15 is 0 Å². The average Bonchev–Trinajstić information content (AvgIpc) is 3.48. The summed E-state index contributed by atoms with van der Waals surface area (Å²) in [7, 11) is -3.84. The summed E-state index contributed by atoms with van der Waals surface area (Å²) < 4.78 is 39.7. The van der Waals surface area contributed by atoms with Crippen LogP contribution >= 0.6 is 0 Å². The quantitative estimate of drug-likeness (QED) is 0.584. The van der Waals surface area contributed by atoms with Crippen molar-refractivity contribution in [2.75, 3.05) is 5.73 Å². The van der Waals surface area contributed by atoms with E-state index in [2.05, 4.69) is 15.0 Å². The lowest BCUT2D eigenvalue weighted by molar-refractivity contribution is -0.0298. The minimum absolute atomic E-state index is 0.0389. The third-order valence-corrected chi connectivity index (χ3v) is 8.46. The Morgan fingerprint density at radius 2 is 1.91 bits per heavy atom. The highest BCUT2D eigenvalue weighted by molar-refractivity contribution is 7.92. The van der Waals surface area contributed by atoms with Crippen molar-refractivity contribution >= 4 is 26.8 Å². The van der Waals surface area contributed by atoms with E-state index in [0.29, 0.717) is 11.2 Å². The SMILES string of the molecule is C[C@H]1O[C@@H](n2cnc3c(N)nc(OC4CCCC4)nc32)[C@H](O)[C@H]1S(=O)(=O)c1ccccc1. The molecule has 0 bridgehead atoms. The summed E-state index contributed by atoms with van der Waals surface area (Å²) in [5.74, 6) is 0.149. The third kappa shape index (κ3) is 3.50. The van der Waals surface area contributed by atoms with Crippen LogP contribution in [-0.4, -0.2) is 56.6 Å². The van der Waals surface area contributed by atoms with E-state index in [1.165, 1.54) is 23.0 Å². The molecule has 11 heteroatoms. The number of sulfone groups is 1. The number of aromatic nitrogens is 4. The molecule has 1 aliphatic heterocycles. The molecule has 3 N–H and O–H groups in total. The van der Waals surface area contributed by atoms with Crippen molar-refractivity contribution in [2.45, 2.75) is 67.3 Å². The molecule has 1 saturated heterocycles. The number of benzene rings is 1. The molecule has 2 aliphatic rings. The van der Waals surface area contributed by atoms with Gasteiger partial charge < -0.3 is 20.3 Å². The van der Waals surface area contributed by atoms with Crippen LogP contribution in [0.1, 0.15) is 38.8 Å². The lowest BCUT2D eigenvalue weighted by Gasteiger charge is -2.19. The van der Waals surface area contributed by atoms with Gasteiger partial charge in [0.25, 0.3) is 0 Å². The van der Waals surface area contributed by atoms with Gasteiger partial charge in [0.05, 0.1) is 17.3 Å². The summed E-state index contributed by atoms with van der Waals surface area (Å²) in [4.78, 5) is 13.0. The van der Waals surface area contributed by atoms with Crippen molar-refractivity contribution in [3.8, 4) is 6.01 Å². The van der Waals surface area contributed by atoms with Gasteiger partial charge in [-0.15, -0.1) is 0 Å². The highest BCUT2D eigenvalue weighted by atomic mass is 32.2. The molecule has 0 amide bonds. The van der Waals surface area contributed by atoms with E-state index in [1.807, 2.05) is 0 Å². The molecule has 0 spiro atoms. The summed E-state index contributed by atoms with van der Waals surface area (Å²) >= 11 is 0. The van der Waals surface area contributed by atoms with Gasteiger partial charge in [-0.3, -0.25) is 4.57 Å². The van der Waals surface area contributed by atoms with E-state index in [9.17, 15) is 13.5 Å². The molecule has 3 aromatic rings. The van der Waals surface area contributed by atoms with Crippen LogP contribution in [0.2, 0.25) is 0 Å². The first-order valence-corrected chi connectivity index (χ1v) is 12.2. The number of ether oxygens (including phenoxy) is 2. The van der Waals surface area contributed by atoms with Crippen molar-refractivity contribution in [1.29, 1.82) is 0 Å². The number of hydrogen-bond donors (Lipinski definition) is 2. The maximum Gasteiger partial charge on any atom is 0.320 e. The summed E-state index contributed by atoms with van der Waals surface area (Å²) in [6.07, 6.45) is 2.41. The first kappa shape index (κ1) is 21.1. The Hall–Kier alpha value is -2.76. The van der Waals surface area contributed by atoms with Gasteiger partial charge in [-0.05, 0) is 44.7 Å². The van der Waals surface area contributed by atoms with Crippen molar-refractivity contribution in [3.05, 3.63) is 36.7 Å². The van der Waals surface area contributed by atoms with Gasteiger partial charge in [0.1, 0.15) is 17.5 Å². The van der Waals surface area contributed by atoms with Crippen LogP contribution in [0, 0.1) is 0 Å². The topological polar surface area (TPSA) is 142 Å².